The zero-order valence-corrected chi connectivity index (χ0v) is 10.1. The third-order valence-electron chi connectivity index (χ3n) is 3.95. The molecule has 1 aliphatic carbocycles. The minimum absolute atomic E-state index is 0.368. The van der Waals surface area contributed by atoms with E-state index in [1.165, 1.54) is 6.42 Å². The molecule has 1 saturated heterocycles. The van der Waals surface area contributed by atoms with Crippen molar-refractivity contribution in [1.82, 2.24) is 4.90 Å². The summed E-state index contributed by atoms with van der Waals surface area (Å²) in [7, 11) is 2.02. The Labute approximate surface area is 96.6 Å². The first-order chi connectivity index (χ1) is 7.53. The molecule has 0 amide bonds. The van der Waals surface area contributed by atoms with E-state index in [1.54, 1.807) is 0 Å². The number of aliphatic carboxylic acids is 1. The first kappa shape index (κ1) is 11.9. The van der Waals surface area contributed by atoms with Crippen molar-refractivity contribution in [2.75, 3.05) is 33.4 Å². The molecule has 0 aromatic carbocycles. The second-order valence-corrected chi connectivity index (χ2v) is 5.56. The largest absolute Gasteiger partial charge is 0.481 e. The van der Waals surface area contributed by atoms with Crippen LogP contribution in [0.25, 0.3) is 0 Å². The van der Waals surface area contributed by atoms with Crippen LogP contribution in [-0.2, 0) is 9.53 Å². The summed E-state index contributed by atoms with van der Waals surface area (Å²) in [5.41, 5.74) is -0.660. The topological polar surface area (TPSA) is 49.8 Å². The Kier molecular flexibility index (Phi) is 3.22. The van der Waals surface area contributed by atoms with Crippen LogP contribution in [0, 0.1) is 17.3 Å². The van der Waals surface area contributed by atoms with Gasteiger partial charge in [0.2, 0.25) is 0 Å². The van der Waals surface area contributed by atoms with Gasteiger partial charge in [-0.2, -0.15) is 0 Å². The lowest BCUT2D eigenvalue weighted by atomic mass is 9.87. The predicted molar refractivity (Wildman–Crippen MR) is 60.3 cm³/mol. The first-order valence-electron chi connectivity index (χ1n) is 6.03. The van der Waals surface area contributed by atoms with Crippen LogP contribution in [0.3, 0.4) is 0 Å². The third kappa shape index (κ3) is 2.38. The van der Waals surface area contributed by atoms with E-state index in [1.807, 2.05) is 7.05 Å². The summed E-state index contributed by atoms with van der Waals surface area (Å²) in [5.74, 6) is 0.891. The average Bonchev–Trinajstić information content (AvgIpc) is 2.72. The molecule has 2 fully saturated rings. The average molecular weight is 227 g/mol. The van der Waals surface area contributed by atoms with Crippen molar-refractivity contribution in [3.63, 3.8) is 0 Å². The van der Waals surface area contributed by atoms with Gasteiger partial charge in [0.15, 0.2) is 0 Å². The first-order valence-corrected chi connectivity index (χ1v) is 6.03. The maximum absolute atomic E-state index is 11.3. The molecule has 1 aliphatic heterocycles. The third-order valence-corrected chi connectivity index (χ3v) is 3.95. The van der Waals surface area contributed by atoms with Gasteiger partial charge >= 0.3 is 5.97 Å². The minimum Gasteiger partial charge on any atom is -0.481 e. The molecule has 3 atom stereocenters. The van der Waals surface area contributed by atoms with Gasteiger partial charge in [-0.3, -0.25) is 4.79 Å². The number of carboxylic acid groups (broad SMARTS) is 1. The van der Waals surface area contributed by atoms with E-state index >= 15 is 0 Å². The summed E-state index contributed by atoms with van der Waals surface area (Å²) in [4.78, 5) is 13.5. The fourth-order valence-electron chi connectivity index (χ4n) is 2.60. The van der Waals surface area contributed by atoms with E-state index in [2.05, 4.69) is 11.8 Å². The van der Waals surface area contributed by atoms with Gasteiger partial charge in [0.05, 0.1) is 6.61 Å². The van der Waals surface area contributed by atoms with Crippen LogP contribution in [0.5, 0.6) is 0 Å². The van der Waals surface area contributed by atoms with Crippen molar-refractivity contribution in [2.24, 2.45) is 17.3 Å². The van der Waals surface area contributed by atoms with E-state index in [0.29, 0.717) is 26.2 Å². The predicted octanol–water partition coefficient (Wildman–Crippen LogP) is 1.07. The second kappa shape index (κ2) is 4.34. The number of nitrogens with zero attached hydrogens (tertiary/aromatic N) is 1. The number of hydrogen-bond donors (Lipinski definition) is 1. The van der Waals surface area contributed by atoms with E-state index in [4.69, 9.17) is 4.74 Å². The molecule has 0 aromatic rings. The van der Waals surface area contributed by atoms with Crippen molar-refractivity contribution in [1.29, 1.82) is 0 Å². The van der Waals surface area contributed by atoms with Crippen LogP contribution in [0.2, 0.25) is 0 Å². The highest BCUT2D eigenvalue weighted by molar-refractivity contribution is 5.75. The summed E-state index contributed by atoms with van der Waals surface area (Å²) in [6.45, 7) is 4.85. The van der Waals surface area contributed by atoms with Crippen molar-refractivity contribution < 1.29 is 14.6 Å². The molecule has 2 aliphatic rings. The highest BCUT2D eigenvalue weighted by atomic mass is 16.5. The number of rotatable bonds is 5. The Hall–Kier alpha value is -0.610. The van der Waals surface area contributed by atoms with E-state index in [0.717, 1.165) is 18.4 Å². The Bertz CT molecular complexity index is 273. The molecule has 0 radical (unpaired) electrons. The van der Waals surface area contributed by atoms with Crippen LogP contribution in [-0.4, -0.2) is 49.3 Å². The van der Waals surface area contributed by atoms with E-state index in [9.17, 15) is 9.90 Å². The second-order valence-electron chi connectivity index (χ2n) is 5.56. The Morgan fingerprint density at radius 1 is 1.62 bits per heavy atom. The number of ether oxygens (including phenoxy) is 1. The maximum atomic E-state index is 11.3. The number of carboxylic acids is 1. The molecule has 0 aromatic heterocycles. The van der Waals surface area contributed by atoms with E-state index < -0.39 is 11.4 Å². The molecule has 3 unspecified atom stereocenters. The zero-order valence-electron chi connectivity index (χ0n) is 10.1. The molecule has 16 heavy (non-hydrogen) atoms. The molecule has 4 nitrogen and oxygen atoms in total. The molecule has 1 heterocycles. The Morgan fingerprint density at radius 3 is 2.75 bits per heavy atom. The van der Waals surface area contributed by atoms with E-state index in [-0.39, 0.29) is 0 Å². The molecular weight excluding hydrogens is 206 g/mol. The summed E-state index contributed by atoms with van der Waals surface area (Å²) < 4.78 is 5.26. The molecule has 0 spiro atoms. The highest BCUT2D eigenvalue weighted by Crippen LogP contribution is 2.39. The lowest BCUT2D eigenvalue weighted by Gasteiger charge is -2.28. The van der Waals surface area contributed by atoms with Crippen molar-refractivity contribution in [3.8, 4) is 0 Å². The van der Waals surface area contributed by atoms with Crippen molar-refractivity contribution >= 4 is 5.97 Å². The van der Waals surface area contributed by atoms with Gasteiger partial charge in [0, 0.05) is 19.7 Å². The minimum atomic E-state index is -0.708. The van der Waals surface area contributed by atoms with Crippen LogP contribution in [0.1, 0.15) is 19.8 Å². The van der Waals surface area contributed by atoms with Crippen LogP contribution < -0.4 is 0 Å². The zero-order chi connectivity index (χ0) is 11.8. The Balaban J connectivity index is 1.87. The summed E-state index contributed by atoms with van der Waals surface area (Å²) in [6, 6.07) is 0. The van der Waals surface area contributed by atoms with Crippen molar-refractivity contribution in [2.45, 2.75) is 19.8 Å². The van der Waals surface area contributed by atoms with Gasteiger partial charge in [-0.15, -0.1) is 0 Å². The van der Waals surface area contributed by atoms with Crippen LogP contribution in [0.15, 0.2) is 0 Å². The Morgan fingerprint density at radius 2 is 2.31 bits per heavy atom. The molecule has 2 rings (SSSR count). The highest BCUT2D eigenvalue weighted by Gasteiger charge is 2.44. The molecule has 4 heteroatoms. The lowest BCUT2D eigenvalue weighted by molar-refractivity contribution is -0.150. The molecular formula is C12H21NO3. The lowest BCUT2D eigenvalue weighted by Crippen LogP contribution is -2.43. The standard InChI is InChI=1S/C12H21NO3/c1-9-5-10(9)6-13(2)7-12(11(14)15)3-4-16-8-12/h9-10H,3-8H2,1-2H3,(H,14,15). The molecule has 92 valence electrons. The summed E-state index contributed by atoms with van der Waals surface area (Å²) in [5, 5.41) is 9.31. The molecule has 1 N–H and O–H groups in total. The number of hydrogen-bond acceptors (Lipinski definition) is 3. The normalized spacial score (nSPS) is 37.9. The fourth-order valence-corrected chi connectivity index (χ4v) is 2.60. The van der Waals surface area contributed by atoms with Crippen LogP contribution >= 0.6 is 0 Å². The van der Waals surface area contributed by atoms with Gasteiger partial charge in [0.1, 0.15) is 5.41 Å². The summed E-state index contributed by atoms with van der Waals surface area (Å²) in [6.07, 6.45) is 1.94. The monoisotopic (exact) mass is 227 g/mol. The summed E-state index contributed by atoms with van der Waals surface area (Å²) >= 11 is 0. The number of carbonyl (C=O) groups is 1. The maximum Gasteiger partial charge on any atom is 0.313 e. The van der Waals surface area contributed by atoms with Crippen LogP contribution in [0.4, 0.5) is 0 Å². The van der Waals surface area contributed by atoms with Gasteiger partial charge in [0.25, 0.3) is 0 Å². The molecule has 1 saturated carbocycles. The molecule has 0 bridgehead atoms. The fraction of sp³-hybridized carbons (Fsp3) is 0.917. The van der Waals surface area contributed by atoms with Gasteiger partial charge in [-0.1, -0.05) is 6.92 Å². The van der Waals surface area contributed by atoms with Crippen molar-refractivity contribution in [3.05, 3.63) is 0 Å². The van der Waals surface area contributed by atoms with Gasteiger partial charge in [-0.25, -0.2) is 0 Å². The van der Waals surface area contributed by atoms with Gasteiger partial charge in [-0.05, 0) is 31.7 Å². The quantitative estimate of drug-likeness (QED) is 0.763. The SMILES string of the molecule is CC1CC1CN(C)CC1(C(=O)O)CCOC1. The smallest absolute Gasteiger partial charge is 0.313 e. The van der Waals surface area contributed by atoms with Gasteiger partial charge < -0.3 is 14.7 Å².